The smallest absolute Gasteiger partial charge is 0.342 e. The molecule has 0 spiro atoms. The molecule has 0 fully saturated rings. The highest BCUT2D eigenvalue weighted by Crippen LogP contribution is 2.10. The number of hydrogen-bond acceptors (Lipinski definition) is 2. The van der Waals surface area contributed by atoms with Crippen LogP contribution in [0.15, 0.2) is 35.1 Å². The van der Waals surface area contributed by atoms with E-state index in [2.05, 4.69) is 10.3 Å². The van der Waals surface area contributed by atoms with E-state index in [0.717, 1.165) is 5.56 Å². The fourth-order valence-electron chi connectivity index (χ4n) is 1.39. The summed E-state index contributed by atoms with van der Waals surface area (Å²) in [6.07, 6.45) is 3.33. The summed E-state index contributed by atoms with van der Waals surface area (Å²) in [5, 5.41) is 2.76. The Labute approximate surface area is 93.3 Å². The van der Waals surface area contributed by atoms with E-state index in [1.54, 1.807) is 13.0 Å². The highest BCUT2D eigenvalue weighted by molar-refractivity contribution is 6.04. The molecule has 2 rings (SSSR count). The van der Waals surface area contributed by atoms with Crippen molar-refractivity contribution in [2.24, 2.45) is 0 Å². The third kappa shape index (κ3) is 2.11. The lowest BCUT2D eigenvalue weighted by Crippen LogP contribution is -2.19. The number of hydrogen-bond donors (Lipinski definition) is 1. The second kappa shape index (κ2) is 4.18. The number of nitrogens with one attached hydrogen (secondary N) is 2. The molecule has 1 amide bonds. The Morgan fingerprint density at radius 1 is 1.31 bits per heavy atom. The Morgan fingerprint density at radius 3 is 2.69 bits per heavy atom. The summed E-state index contributed by atoms with van der Waals surface area (Å²) in [7, 11) is 0. The van der Waals surface area contributed by atoms with Crippen molar-refractivity contribution >= 4 is 11.7 Å². The van der Waals surface area contributed by atoms with Gasteiger partial charge in [-0.2, -0.15) is 0 Å². The lowest BCUT2D eigenvalue weighted by atomic mass is 10.2. The van der Waals surface area contributed by atoms with Gasteiger partial charge >= 0.3 is 5.91 Å². The summed E-state index contributed by atoms with van der Waals surface area (Å²) in [6, 6.07) is 5.40. The molecule has 4 heteroatoms. The maximum Gasteiger partial charge on any atom is 0.342 e. The van der Waals surface area contributed by atoms with Crippen molar-refractivity contribution in [3.63, 3.8) is 0 Å². The Hall–Kier alpha value is -2.10. The minimum absolute atomic E-state index is 0.175. The quantitative estimate of drug-likeness (QED) is 0.836. The predicted molar refractivity (Wildman–Crippen MR) is 59.1 cm³/mol. The van der Waals surface area contributed by atoms with E-state index < -0.39 is 0 Å². The van der Waals surface area contributed by atoms with Gasteiger partial charge in [0, 0.05) is 6.07 Å². The largest absolute Gasteiger partial charge is 0.469 e. The van der Waals surface area contributed by atoms with Crippen molar-refractivity contribution in [1.29, 1.82) is 0 Å². The van der Waals surface area contributed by atoms with Crippen LogP contribution in [0.1, 0.15) is 21.7 Å². The lowest BCUT2D eigenvalue weighted by molar-refractivity contribution is -0.361. The number of aromatic amines is 1. The monoisotopic (exact) mass is 217 g/mol. The third-order valence-corrected chi connectivity index (χ3v) is 2.32. The molecule has 0 aliphatic carbocycles. The fourth-order valence-corrected chi connectivity index (χ4v) is 1.39. The number of H-pyrrole nitrogens is 1. The van der Waals surface area contributed by atoms with Crippen molar-refractivity contribution in [3.05, 3.63) is 47.5 Å². The van der Waals surface area contributed by atoms with Crippen LogP contribution < -0.4 is 10.3 Å². The number of pyridine rings is 1. The van der Waals surface area contributed by atoms with Crippen LogP contribution in [0.25, 0.3) is 0 Å². The maximum atomic E-state index is 11.8. The van der Waals surface area contributed by atoms with E-state index >= 15 is 0 Å². The fraction of sp³-hybridized carbons (Fsp3) is 0.167. The first-order valence-corrected chi connectivity index (χ1v) is 5.00. The van der Waals surface area contributed by atoms with Gasteiger partial charge in [-0.25, -0.2) is 15.1 Å². The zero-order chi connectivity index (χ0) is 11.5. The number of amides is 1. The topological polar surface area (TPSA) is 56.4 Å². The maximum absolute atomic E-state index is 11.8. The van der Waals surface area contributed by atoms with Crippen LogP contribution in [0.5, 0.6) is 0 Å². The normalized spacial score (nSPS) is 10.1. The highest BCUT2D eigenvalue weighted by atomic mass is 16.3. The van der Waals surface area contributed by atoms with E-state index in [-0.39, 0.29) is 5.91 Å². The molecule has 82 valence electrons. The van der Waals surface area contributed by atoms with Gasteiger partial charge in [0.05, 0.1) is 12.5 Å². The molecule has 0 bridgehead atoms. The van der Waals surface area contributed by atoms with Gasteiger partial charge in [-0.05, 0) is 31.5 Å². The Kier molecular flexibility index (Phi) is 2.72. The van der Waals surface area contributed by atoms with Crippen LogP contribution in [0, 0.1) is 13.8 Å². The number of furan rings is 1. The average molecular weight is 217 g/mol. The lowest BCUT2D eigenvalue weighted by Gasteiger charge is -1.96. The van der Waals surface area contributed by atoms with Gasteiger partial charge in [0.25, 0.3) is 5.82 Å². The van der Waals surface area contributed by atoms with E-state index in [1.165, 1.54) is 6.26 Å². The van der Waals surface area contributed by atoms with Crippen molar-refractivity contribution in [1.82, 2.24) is 0 Å². The SMILES string of the molecule is Cc1ccc(NC(=O)c2ccoc2C)[nH+]c1. The Morgan fingerprint density at radius 2 is 2.12 bits per heavy atom. The highest BCUT2D eigenvalue weighted by Gasteiger charge is 2.16. The second-order valence-corrected chi connectivity index (χ2v) is 3.62. The predicted octanol–water partition coefficient (Wildman–Crippen LogP) is 1.96. The Balaban J connectivity index is 2.14. The van der Waals surface area contributed by atoms with Gasteiger partial charge in [-0.3, -0.25) is 0 Å². The summed E-state index contributed by atoms with van der Waals surface area (Å²) in [4.78, 5) is 14.8. The number of rotatable bonds is 2. The van der Waals surface area contributed by atoms with Gasteiger partial charge in [0.2, 0.25) is 0 Å². The van der Waals surface area contributed by atoms with E-state index in [1.807, 2.05) is 25.3 Å². The van der Waals surface area contributed by atoms with E-state index in [4.69, 9.17) is 4.42 Å². The number of aryl methyl sites for hydroxylation is 2. The van der Waals surface area contributed by atoms with Crippen LogP contribution in [-0.4, -0.2) is 5.91 Å². The molecule has 2 aromatic rings. The standard InChI is InChI=1S/C12H12N2O2/c1-8-3-4-11(13-7-8)14-12(15)10-5-6-16-9(10)2/h3-7H,1-2H3,(H,13,14,15)/p+1. The zero-order valence-electron chi connectivity index (χ0n) is 9.20. The first-order valence-electron chi connectivity index (χ1n) is 5.00. The molecular formula is C12H13N2O2+. The van der Waals surface area contributed by atoms with Crippen LogP contribution in [-0.2, 0) is 0 Å². The second-order valence-electron chi connectivity index (χ2n) is 3.62. The average Bonchev–Trinajstić information content (AvgIpc) is 2.68. The van der Waals surface area contributed by atoms with Gasteiger partial charge < -0.3 is 4.42 Å². The molecule has 4 nitrogen and oxygen atoms in total. The first-order chi connectivity index (χ1) is 7.66. The summed E-state index contributed by atoms with van der Waals surface area (Å²) >= 11 is 0. The molecule has 0 aliphatic rings. The zero-order valence-corrected chi connectivity index (χ0v) is 9.20. The van der Waals surface area contributed by atoms with Crippen LogP contribution in [0.4, 0.5) is 5.82 Å². The molecule has 2 aromatic heterocycles. The minimum atomic E-state index is -0.175. The third-order valence-electron chi connectivity index (χ3n) is 2.32. The molecular weight excluding hydrogens is 204 g/mol. The molecule has 0 atom stereocenters. The van der Waals surface area contributed by atoms with Crippen molar-refractivity contribution < 1.29 is 14.2 Å². The molecule has 0 radical (unpaired) electrons. The van der Waals surface area contributed by atoms with Crippen LogP contribution >= 0.6 is 0 Å². The number of anilines is 1. The molecule has 0 saturated heterocycles. The molecule has 0 saturated carbocycles. The first kappa shape index (κ1) is 10.4. The van der Waals surface area contributed by atoms with Gasteiger partial charge in [-0.1, -0.05) is 0 Å². The van der Waals surface area contributed by atoms with E-state index in [9.17, 15) is 4.79 Å². The molecule has 2 heterocycles. The molecule has 0 aliphatic heterocycles. The number of carbonyl (C=O) groups excluding carboxylic acids is 1. The number of carbonyl (C=O) groups is 1. The molecule has 0 unspecified atom stereocenters. The van der Waals surface area contributed by atoms with Gasteiger partial charge in [0.1, 0.15) is 11.3 Å². The van der Waals surface area contributed by atoms with E-state index in [0.29, 0.717) is 17.1 Å². The summed E-state index contributed by atoms with van der Waals surface area (Å²) < 4.78 is 5.07. The summed E-state index contributed by atoms with van der Waals surface area (Å²) in [5.41, 5.74) is 1.66. The number of aromatic nitrogens is 1. The Bertz CT molecular complexity index is 500. The molecule has 0 aromatic carbocycles. The van der Waals surface area contributed by atoms with Crippen LogP contribution in [0.3, 0.4) is 0 Å². The minimum Gasteiger partial charge on any atom is -0.469 e. The van der Waals surface area contributed by atoms with Gasteiger partial charge in [0.15, 0.2) is 0 Å². The molecule has 16 heavy (non-hydrogen) atoms. The van der Waals surface area contributed by atoms with Crippen molar-refractivity contribution in [3.8, 4) is 0 Å². The summed E-state index contributed by atoms with van der Waals surface area (Å²) in [6.45, 7) is 3.73. The van der Waals surface area contributed by atoms with Gasteiger partial charge in [-0.15, -0.1) is 0 Å². The van der Waals surface area contributed by atoms with Crippen molar-refractivity contribution in [2.75, 3.05) is 5.32 Å². The van der Waals surface area contributed by atoms with Crippen LogP contribution in [0.2, 0.25) is 0 Å². The van der Waals surface area contributed by atoms with Crippen molar-refractivity contribution in [2.45, 2.75) is 13.8 Å². The molecule has 2 N–H and O–H groups in total. The summed E-state index contributed by atoms with van der Waals surface area (Å²) in [5.74, 6) is 1.10.